The Morgan fingerprint density at radius 2 is 1.69 bits per heavy atom. The Morgan fingerprint density at radius 1 is 1.00 bits per heavy atom. The molecule has 0 amide bonds. The Balaban J connectivity index is 1.77. The van der Waals surface area contributed by atoms with Gasteiger partial charge in [0.2, 0.25) is 0 Å². The molecule has 2 heterocycles. The summed E-state index contributed by atoms with van der Waals surface area (Å²) in [4.78, 5) is 18.4. The van der Waals surface area contributed by atoms with Gasteiger partial charge in [0, 0.05) is 10.9 Å². The molecule has 0 aliphatic carbocycles. The average Bonchev–Trinajstić information content (AvgIpc) is 3.10. The summed E-state index contributed by atoms with van der Waals surface area (Å²) in [5.74, 6) is 0. The highest BCUT2D eigenvalue weighted by atomic mass is 32.1. The molecule has 0 saturated heterocycles. The lowest BCUT2D eigenvalue weighted by Crippen LogP contribution is -2.20. The molecule has 2 aromatic heterocycles. The van der Waals surface area contributed by atoms with E-state index in [1.165, 1.54) is 22.5 Å². The number of aryl methyl sites for hydroxylation is 2. The van der Waals surface area contributed by atoms with E-state index in [1.54, 1.807) is 10.9 Å². The molecule has 3 nitrogen and oxygen atoms in total. The first-order chi connectivity index (χ1) is 12.7. The molecule has 26 heavy (non-hydrogen) atoms. The second kappa shape index (κ2) is 6.89. The lowest BCUT2D eigenvalue weighted by Gasteiger charge is -2.07. The number of thiophene rings is 1. The van der Waals surface area contributed by atoms with E-state index in [-0.39, 0.29) is 5.56 Å². The van der Waals surface area contributed by atoms with Gasteiger partial charge in [-0.15, -0.1) is 11.3 Å². The molecular weight excluding hydrogens is 340 g/mol. The molecule has 0 unspecified atom stereocenters. The average molecular weight is 360 g/mol. The molecule has 0 N–H and O–H groups in total. The van der Waals surface area contributed by atoms with Gasteiger partial charge in [0.1, 0.15) is 4.83 Å². The number of rotatable bonds is 4. The summed E-state index contributed by atoms with van der Waals surface area (Å²) in [6.07, 6.45) is 2.68. The van der Waals surface area contributed by atoms with Crippen LogP contribution in [-0.4, -0.2) is 9.55 Å². The van der Waals surface area contributed by atoms with Gasteiger partial charge in [0.25, 0.3) is 5.56 Å². The summed E-state index contributed by atoms with van der Waals surface area (Å²) in [6.45, 7) is 4.74. The topological polar surface area (TPSA) is 34.9 Å². The Morgan fingerprint density at radius 3 is 2.38 bits per heavy atom. The van der Waals surface area contributed by atoms with E-state index in [1.807, 2.05) is 5.38 Å². The maximum atomic E-state index is 13.1. The fraction of sp³-hybridized carbons (Fsp3) is 0.182. The third-order valence-corrected chi connectivity index (χ3v) is 5.59. The van der Waals surface area contributed by atoms with E-state index < -0.39 is 0 Å². The van der Waals surface area contributed by atoms with Crippen molar-refractivity contribution < 1.29 is 0 Å². The number of nitrogens with zero attached hydrogens (tertiary/aromatic N) is 2. The maximum absolute atomic E-state index is 13.1. The molecule has 0 saturated carbocycles. The summed E-state index contributed by atoms with van der Waals surface area (Å²) in [5, 5.41) is 2.75. The summed E-state index contributed by atoms with van der Waals surface area (Å²) in [6, 6.07) is 16.7. The highest BCUT2D eigenvalue weighted by molar-refractivity contribution is 7.17. The minimum Gasteiger partial charge on any atom is -0.294 e. The van der Waals surface area contributed by atoms with Gasteiger partial charge < -0.3 is 0 Å². The fourth-order valence-electron chi connectivity index (χ4n) is 3.10. The van der Waals surface area contributed by atoms with Crippen molar-refractivity contribution in [1.82, 2.24) is 9.55 Å². The lowest BCUT2D eigenvalue weighted by atomic mass is 10.0. The quantitative estimate of drug-likeness (QED) is 0.511. The van der Waals surface area contributed by atoms with Crippen LogP contribution < -0.4 is 5.56 Å². The second-order valence-electron chi connectivity index (χ2n) is 6.54. The smallest absolute Gasteiger partial charge is 0.263 e. The van der Waals surface area contributed by atoms with Crippen molar-refractivity contribution in [3.63, 3.8) is 0 Å². The molecule has 4 aromatic rings. The molecule has 0 aliphatic heterocycles. The maximum Gasteiger partial charge on any atom is 0.263 e. The van der Waals surface area contributed by atoms with E-state index in [4.69, 9.17) is 0 Å². The third kappa shape index (κ3) is 3.08. The van der Waals surface area contributed by atoms with Gasteiger partial charge in [-0.3, -0.25) is 9.36 Å². The van der Waals surface area contributed by atoms with Crippen molar-refractivity contribution >= 4 is 21.6 Å². The first-order valence-electron chi connectivity index (χ1n) is 8.77. The zero-order valence-corrected chi connectivity index (χ0v) is 15.7. The van der Waals surface area contributed by atoms with Crippen LogP contribution in [-0.2, 0) is 13.0 Å². The van der Waals surface area contributed by atoms with Crippen molar-refractivity contribution in [2.45, 2.75) is 26.8 Å². The Bertz CT molecular complexity index is 1110. The van der Waals surface area contributed by atoms with Crippen LogP contribution in [0.3, 0.4) is 0 Å². The number of fused-ring (bicyclic) bond motifs is 1. The Labute approximate surface area is 156 Å². The second-order valence-corrected chi connectivity index (χ2v) is 7.40. The van der Waals surface area contributed by atoms with Crippen LogP contribution in [0.15, 0.2) is 65.0 Å². The first-order valence-corrected chi connectivity index (χ1v) is 9.65. The number of hydrogen-bond acceptors (Lipinski definition) is 3. The van der Waals surface area contributed by atoms with E-state index in [2.05, 4.69) is 67.4 Å². The largest absolute Gasteiger partial charge is 0.294 e. The third-order valence-electron chi connectivity index (χ3n) is 4.71. The molecular formula is C22H20N2OS. The van der Waals surface area contributed by atoms with E-state index in [0.717, 1.165) is 27.9 Å². The van der Waals surface area contributed by atoms with Crippen LogP contribution in [0.2, 0.25) is 0 Å². The molecule has 0 fully saturated rings. The van der Waals surface area contributed by atoms with Crippen LogP contribution >= 0.6 is 11.3 Å². The molecule has 0 radical (unpaired) electrons. The number of hydrogen-bond donors (Lipinski definition) is 0. The predicted octanol–water partition coefficient (Wildman–Crippen LogP) is 5.04. The van der Waals surface area contributed by atoms with Crippen LogP contribution in [0.4, 0.5) is 0 Å². The molecule has 4 rings (SSSR count). The number of benzene rings is 2. The monoisotopic (exact) mass is 360 g/mol. The van der Waals surface area contributed by atoms with Crippen molar-refractivity contribution in [1.29, 1.82) is 0 Å². The molecule has 4 heteroatoms. The van der Waals surface area contributed by atoms with Crippen LogP contribution in [0.1, 0.15) is 23.6 Å². The van der Waals surface area contributed by atoms with Crippen molar-refractivity contribution in [2.75, 3.05) is 0 Å². The predicted molar refractivity (Wildman–Crippen MR) is 109 cm³/mol. The summed E-state index contributed by atoms with van der Waals surface area (Å²) in [5.41, 5.74) is 5.67. The van der Waals surface area contributed by atoms with Gasteiger partial charge in [0.15, 0.2) is 0 Å². The Hall–Kier alpha value is -2.72. The van der Waals surface area contributed by atoms with Crippen LogP contribution in [0.25, 0.3) is 21.3 Å². The van der Waals surface area contributed by atoms with Crippen LogP contribution in [0, 0.1) is 6.92 Å². The summed E-state index contributed by atoms with van der Waals surface area (Å²) < 4.78 is 1.70. The minimum absolute atomic E-state index is 0.0198. The van der Waals surface area contributed by atoms with Crippen molar-refractivity contribution in [3.8, 4) is 11.1 Å². The number of aromatic nitrogens is 2. The lowest BCUT2D eigenvalue weighted by molar-refractivity contribution is 0.749. The van der Waals surface area contributed by atoms with Gasteiger partial charge in [0.05, 0.1) is 18.3 Å². The first kappa shape index (κ1) is 16.7. The van der Waals surface area contributed by atoms with Crippen molar-refractivity contribution in [2.24, 2.45) is 0 Å². The molecule has 0 spiro atoms. The Kier molecular flexibility index (Phi) is 4.43. The molecule has 0 bridgehead atoms. The van der Waals surface area contributed by atoms with Gasteiger partial charge >= 0.3 is 0 Å². The zero-order valence-electron chi connectivity index (χ0n) is 14.9. The van der Waals surface area contributed by atoms with Gasteiger partial charge in [-0.2, -0.15) is 0 Å². The standard InChI is InChI=1S/C22H20N2OS/c1-3-16-6-8-17(9-7-16)12-24-14-23-21-20(22(24)25)19(13-26-21)18-10-4-15(2)5-11-18/h4-11,13-14H,3,12H2,1-2H3. The van der Waals surface area contributed by atoms with E-state index in [9.17, 15) is 4.79 Å². The zero-order chi connectivity index (χ0) is 18.1. The van der Waals surface area contributed by atoms with Crippen LogP contribution in [0.5, 0.6) is 0 Å². The normalized spacial score (nSPS) is 11.2. The summed E-state index contributed by atoms with van der Waals surface area (Å²) >= 11 is 1.52. The van der Waals surface area contributed by atoms with E-state index >= 15 is 0 Å². The highest BCUT2D eigenvalue weighted by Gasteiger charge is 2.13. The molecule has 2 aromatic carbocycles. The van der Waals surface area contributed by atoms with Gasteiger partial charge in [-0.25, -0.2) is 4.98 Å². The fourth-order valence-corrected chi connectivity index (χ4v) is 4.01. The van der Waals surface area contributed by atoms with Crippen molar-refractivity contribution in [3.05, 3.63) is 87.3 Å². The minimum atomic E-state index is 0.0198. The van der Waals surface area contributed by atoms with E-state index in [0.29, 0.717) is 11.9 Å². The highest BCUT2D eigenvalue weighted by Crippen LogP contribution is 2.30. The molecule has 0 aliphatic rings. The summed E-state index contributed by atoms with van der Waals surface area (Å²) in [7, 11) is 0. The van der Waals surface area contributed by atoms with Gasteiger partial charge in [-0.05, 0) is 30.0 Å². The molecule has 130 valence electrons. The molecule has 0 atom stereocenters. The van der Waals surface area contributed by atoms with Gasteiger partial charge in [-0.1, -0.05) is 61.0 Å². The SMILES string of the molecule is CCc1ccc(Cn2cnc3scc(-c4ccc(C)cc4)c3c2=O)cc1.